The van der Waals surface area contributed by atoms with Gasteiger partial charge >= 0.3 is 0 Å². The van der Waals surface area contributed by atoms with E-state index in [1.165, 1.54) is 19.1 Å². The second-order valence-electron chi connectivity index (χ2n) is 3.74. The molecule has 0 fully saturated rings. The van der Waals surface area contributed by atoms with Crippen molar-refractivity contribution in [2.45, 2.75) is 11.8 Å². The van der Waals surface area contributed by atoms with E-state index in [1.807, 2.05) is 0 Å². The van der Waals surface area contributed by atoms with Gasteiger partial charge in [-0.1, -0.05) is 6.07 Å². The third kappa shape index (κ3) is 1.74. The fourth-order valence-corrected chi connectivity index (χ4v) is 2.27. The number of H-pyrrole nitrogens is 1. The second-order valence-corrected chi connectivity index (χ2v) is 5.75. The molecule has 16 heavy (non-hydrogen) atoms. The Morgan fingerprint density at radius 3 is 2.56 bits per heavy atom. The number of benzene rings is 1. The molecule has 0 unspecified atom stereocenters. The summed E-state index contributed by atoms with van der Waals surface area (Å²) in [6.45, 7) is 1.48. The van der Waals surface area contributed by atoms with E-state index in [1.54, 1.807) is 12.3 Å². The summed E-state index contributed by atoms with van der Waals surface area (Å²) in [5.74, 6) is -0.0432. The number of fused-ring (bicyclic) bond motifs is 1. The van der Waals surface area contributed by atoms with E-state index >= 15 is 0 Å². The van der Waals surface area contributed by atoms with Crippen LogP contribution < -0.4 is 0 Å². The molecule has 0 saturated carbocycles. The lowest BCUT2D eigenvalue weighted by atomic mass is 10.1. The fourth-order valence-electron chi connectivity index (χ4n) is 1.63. The SMILES string of the molecule is CC(=O)c1c[nH]c2cc(S(C)(=O)=O)ccc12. The lowest BCUT2D eigenvalue weighted by molar-refractivity contribution is 0.101. The monoisotopic (exact) mass is 237 g/mol. The first-order valence-electron chi connectivity index (χ1n) is 4.72. The van der Waals surface area contributed by atoms with Crippen LogP contribution in [0.4, 0.5) is 0 Å². The summed E-state index contributed by atoms with van der Waals surface area (Å²) >= 11 is 0. The minimum absolute atomic E-state index is 0.0432. The molecule has 0 atom stereocenters. The van der Waals surface area contributed by atoms with Gasteiger partial charge in [-0.3, -0.25) is 4.79 Å². The zero-order valence-corrected chi connectivity index (χ0v) is 9.76. The number of carbonyl (C=O) groups excluding carboxylic acids is 1. The Morgan fingerprint density at radius 2 is 2.00 bits per heavy atom. The number of sulfone groups is 1. The van der Waals surface area contributed by atoms with E-state index in [0.717, 1.165) is 11.6 Å². The molecule has 1 aromatic carbocycles. The molecule has 0 amide bonds. The lowest BCUT2D eigenvalue weighted by Gasteiger charge is -1.98. The molecule has 1 heterocycles. The summed E-state index contributed by atoms with van der Waals surface area (Å²) in [5.41, 5.74) is 1.24. The number of nitrogens with one attached hydrogen (secondary N) is 1. The van der Waals surface area contributed by atoms with Crippen LogP contribution in [0, 0.1) is 0 Å². The molecule has 0 bridgehead atoms. The third-order valence-corrected chi connectivity index (χ3v) is 3.57. The number of carbonyl (C=O) groups is 1. The molecule has 0 aliphatic carbocycles. The third-order valence-electron chi connectivity index (χ3n) is 2.46. The van der Waals surface area contributed by atoms with Crippen molar-refractivity contribution in [1.82, 2.24) is 4.98 Å². The molecule has 2 rings (SSSR count). The van der Waals surface area contributed by atoms with Gasteiger partial charge in [0.15, 0.2) is 15.6 Å². The minimum Gasteiger partial charge on any atom is -0.360 e. The second kappa shape index (κ2) is 3.45. The van der Waals surface area contributed by atoms with Crippen molar-refractivity contribution in [3.63, 3.8) is 0 Å². The van der Waals surface area contributed by atoms with Crippen molar-refractivity contribution in [2.24, 2.45) is 0 Å². The molecule has 0 saturated heterocycles. The highest BCUT2D eigenvalue weighted by Gasteiger charge is 2.11. The van der Waals surface area contributed by atoms with Gasteiger partial charge in [0.1, 0.15) is 0 Å². The highest BCUT2D eigenvalue weighted by Crippen LogP contribution is 2.22. The summed E-state index contributed by atoms with van der Waals surface area (Å²) in [6.07, 6.45) is 2.75. The van der Waals surface area contributed by atoms with Gasteiger partial charge in [0.05, 0.1) is 4.90 Å². The van der Waals surface area contributed by atoms with E-state index in [2.05, 4.69) is 4.98 Å². The summed E-state index contributed by atoms with van der Waals surface area (Å²) in [7, 11) is -3.21. The van der Waals surface area contributed by atoms with Crippen LogP contribution in [0.15, 0.2) is 29.3 Å². The molecule has 84 valence electrons. The van der Waals surface area contributed by atoms with E-state index in [0.29, 0.717) is 11.1 Å². The predicted molar refractivity (Wildman–Crippen MR) is 61.4 cm³/mol. The van der Waals surface area contributed by atoms with Crippen LogP contribution in [-0.2, 0) is 9.84 Å². The molecule has 0 aliphatic rings. The molecule has 4 nitrogen and oxygen atoms in total. The van der Waals surface area contributed by atoms with Crippen LogP contribution in [0.2, 0.25) is 0 Å². The lowest BCUT2D eigenvalue weighted by Crippen LogP contribution is -1.96. The first-order valence-corrected chi connectivity index (χ1v) is 6.61. The zero-order chi connectivity index (χ0) is 11.9. The highest BCUT2D eigenvalue weighted by atomic mass is 32.2. The quantitative estimate of drug-likeness (QED) is 0.809. The maximum absolute atomic E-state index is 11.3. The van der Waals surface area contributed by atoms with Gasteiger partial charge in [0.25, 0.3) is 0 Å². The molecular weight excluding hydrogens is 226 g/mol. The molecule has 0 aliphatic heterocycles. The van der Waals surface area contributed by atoms with Crippen molar-refractivity contribution in [3.05, 3.63) is 30.0 Å². The minimum atomic E-state index is -3.21. The zero-order valence-electron chi connectivity index (χ0n) is 8.94. The Hall–Kier alpha value is -1.62. The number of aromatic nitrogens is 1. The van der Waals surface area contributed by atoms with Gasteiger partial charge in [-0.25, -0.2) is 8.42 Å². The Labute approximate surface area is 93.2 Å². The smallest absolute Gasteiger partial charge is 0.175 e. The summed E-state index contributed by atoms with van der Waals surface area (Å²) in [6, 6.07) is 4.70. The molecule has 0 radical (unpaired) electrons. The van der Waals surface area contributed by atoms with Gasteiger partial charge < -0.3 is 4.98 Å². The molecule has 1 N–H and O–H groups in total. The number of ketones is 1. The topological polar surface area (TPSA) is 67.0 Å². The molecule has 5 heteroatoms. The predicted octanol–water partition coefficient (Wildman–Crippen LogP) is 1.77. The summed E-state index contributed by atoms with van der Waals surface area (Å²) in [5, 5.41) is 0.750. The standard InChI is InChI=1S/C11H11NO3S/c1-7(13)10-6-12-11-5-8(16(2,14)15)3-4-9(10)11/h3-6,12H,1-2H3. The average Bonchev–Trinajstić information content (AvgIpc) is 2.58. The maximum atomic E-state index is 11.3. The van der Waals surface area contributed by atoms with Crippen molar-refractivity contribution in [3.8, 4) is 0 Å². The largest absolute Gasteiger partial charge is 0.360 e. The van der Waals surface area contributed by atoms with Gasteiger partial charge in [-0.2, -0.15) is 0 Å². The molecule has 2 aromatic rings. The normalized spacial score (nSPS) is 11.9. The number of rotatable bonds is 2. The molecule has 1 aromatic heterocycles. The number of hydrogen-bond donors (Lipinski definition) is 1. The molecule has 0 spiro atoms. The van der Waals surface area contributed by atoms with Crippen LogP contribution in [0.1, 0.15) is 17.3 Å². The highest BCUT2D eigenvalue weighted by molar-refractivity contribution is 7.90. The van der Waals surface area contributed by atoms with Crippen LogP contribution in [-0.4, -0.2) is 25.4 Å². The van der Waals surface area contributed by atoms with Crippen LogP contribution in [0.3, 0.4) is 0 Å². The number of hydrogen-bond acceptors (Lipinski definition) is 3. The van der Waals surface area contributed by atoms with E-state index in [-0.39, 0.29) is 10.7 Å². The van der Waals surface area contributed by atoms with Gasteiger partial charge in [-0.05, 0) is 19.1 Å². The van der Waals surface area contributed by atoms with Crippen molar-refractivity contribution in [2.75, 3.05) is 6.26 Å². The first-order chi connectivity index (χ1) is 7.39. The summed E-state index contributed by atoms with van der Waals surface area (Å²) in [4.78, 5) is 14.4. The van der Waals surface area contributed by atoms with Crippen molar-refractivity contribution in [1.29, 1.82) is 0 Å². The summed E-state index contributed by atoms with van der Waals surface area (Å²) < 4.78 is 22.7. The van der Waals surface area contributed by atoms with E-state index < -0.39 is 9.84 Å². The Bertz CT molecular complexity index is 668. The number of Topliss-reactive ketones (excluding diaryl/α,β-unsaturated/α-hetero) is 1. The van der Waals surface area contributed by atoms with Gasteiger partial charge in [0.2, 0.25) is 0 Å². The van der Waals surface area contributed by atoms with E-state index in [4.69, 9.17) is 0 Å². The Balaban J connectivity index is 2.71. The van der Waals surface area contributed by atoms with Crippen LogP contribution >= 0.6 is 0 Å². The van der Waals surface area contributed by atoms with E-state index in [9.17, 15) is 13.2 Å². The van der Waals surface area contributed by atoms with Crippen LogP contribution in [0.25, 0.3) is 10.9 Å². The molecular formula is C11H11NO3S. The van der Waals surface area contributed by atoms with Crippen molar-refractivity contribution < 1.29 is 13.2 Å². The Kier molecular flexibility index (Phi) is 2.35. The average molecular weight is 237 g/mol. The van der Waals surface area contributed by atoms with Crippen molar-refractivity contribution >= 4 is 26.5 Å². The van der Waals surface area contributed by atoms with Gasteiger partial charge in [0, 0.05) is 28.9 Å². The fraction of sp³-hybridized carbons (Fsp3) is 0.182. The maximum Gasteiger partial charge on any atom is 0.175 e. The van der Waals surface area contributed by atoms with Crippen LogP contribution in [0.5, 0.6) is 0 Å². The van der Waals surface area contributed by atoms with Gasteiger partial charge in [-0.15, -0.1) is 0 Å². The Morgan fingerprint density at radius 1 is 1.31 bits per heavy atom. The number of aromatic amines is 1. The first kappa shape index (κ1) is 10.9.